The molecule has 0 aliphatic heterocycles. The van der Waals surface area contributed by atoms with Crippen molar-refractivity contribution in [1.82, 2.24) is 20.1 Å². The number of carbonyl (C=O) groups is 1. The van der Waals surface area contributed by atoms with Crippen molar-refractivity contribution in [3.8, 4) is 0 Å². The summed E-state index contributed by atoms with van der Waals surface area (Å²) >= 11 is 0. The summed E-state index contributed by atoms with van der Waals surface area (Å²) in [6.45, 7) is 7.04. The molecule has 1 aromatic carbocycles. The number of aryl methyl sites for hydroxylation is 1. The van der Waals surface area contributed by atoms with Crippen LogP contribution in [0.3, 0.4) is 0 Å². The fourth-order valence-electron chi connectivity index (χ4n) is 3.03. The minimum atomic E-state index is -0.106. The summed E-state index contributed by atoms with van der Waals surface area (Å²) in [4.78, 5) is 17.3. The molecule has 6 heteroatoms. The number of benzene rings is 1. The molecule has 0 spiro atoms. The van der Waals surface area contributed by atoms with Crippen LogP contribution in [0.4, 0.5) is 11.5 Å². The van der Waals surface area contributed by atoms with E-state index in [1.807, 2.05) is 28.9 Å². The maximum atomic E-state index is 12.6. The summed E-state index contributed by atoms with van der Waals surface area (Å²) in [5.74, 6) is 1.04. The number of nitrogens with one attached hydrogen (secondary N) is 2. The molecule has 3 aromatic rings. The van der Waals surface area contributed by atoms with Gasteiger partial charge in [0, 0.05) is 18.3 Å². The van der Waals surface area contributed by atoms with E-state index >= 15 is 0 Å². The zero-order chi connectivity index (χ0) is 19.0. The van der Waals surface area contributed by atoms with Crippen LogP contribution in [0, 0.1) is 12.8 Å². The zero-order valence-corrected chi connectivity index (χ0v) is 16.0. The first-order chi connectivity index (χ1) is 13.0. The number of hydrogen-bond donors (Lipinski definition) is 2. The molecule has 0 unspecified atom stereocenters. The van der Waals surface area contributed by atoms with E-state index in [1.54, 1.807) is 0 Å². The third-order valence-corrected chi connectivity index (χ3v) is 4.59. The number of anilines is 2. The van der Waals surface area contributed by atoms with Crippen LogP contribution >= 0.6 is 0 Å². The van der Waals surface area contributed by atoms with Crippen molar-refractivity contribution in [2.75, 3.05) is 5.32 Å². The van der Waals surface area contributed by atoms with Crippen molar-refractivity contribution in [3.63, 3.8) is 0 Å². The van der Waals surface area contributed by atoms with Crippen LogP contribution in [0.5, 0.6) is 0 Å². The van der Waals surface area contributed by atoms with E-state index in [2.05, 4.69) is 48.6 Å². The summed E-state index contributed by atoms with van der Waals surface area (Å²) < 4.78 is 1.85. The molecule has 0 atom stereocenters. The lowest BCUT2D eigenvalue weighted by Gasteiger charge is -2.08. The highest BCUT2D eigenvalue weighted by molar-refractivity contribution is 6.04. The Labute approximate surface area is 159 Å². The molecule has 2 aromatic heterocycles. The largest absolute Gasteiger partial charge is 0.348 e. The molecule has 140 valence electrons. The standard InChI is InChI=1S/C21H25N5O/c1-13(2)12-26-20-17(19(25-26)21(27)23-16-8-9-16)10-11-18(24-20)22-15-6-4-14(3)5-7-15/h4-7,10-11,13,16H,8-9,12H2,1-3H3,(H,22,24)(H,23,27). The predicted octanol–water partition coefficient (Wildman–Crippen LogP) is 4.03. The molecule has 0 bridgehead atoms. The molecule has 27 heavy (non-hydrogen) atoms. The second kappa shape index (κ2) is 7.02. The van der Waals surface area contributed by atoms with Crippen molar-refractivity contribution in [2.45, 2.75) is 46.2 Å². The van der Waals surface area contributed by atoms with E-state index in [1.165, 1.54) is 5.56 Å². The maximum absolute atomic E-state index is 12.6. The summed E-state index contributed by atoms with van der Waals surface area (Å²) in [6, 6.07) is 12.3. The van der Waals surface area contributed by atoms with E-state index in [0.717, 1.165) is 35.4 Å². The summed E-state index contributed by atoms with van der Waals surface area (Å²) in [5, 5.41) is 11.7. The second-order valence-electron chi connectivity index (χ2n) is 7.73. The number of amides is 1. The van der Waals surface area contributed by atoms with Gasteiger partial charge in [0.1, 0.15) is 5.82 Å². The van der Waals surface area contributed by atoms with Crippen molar-refractivity contribution in [2.24, 2.45) is 5.92 Å². The smallest absolute Gasteiger partial charge is 0.272 e. The first-order valence-electron chi connectivity index (χ1n) is 9.51. The Morgan fingerprint density at radius 3 is 2.59 bits per heavy atom. The van der Waals surface area contributed by atoms with Crippen molar-refractivity contribution in [1.29, 1.82) is 0 Å². The van der Waals surface area contributed by atoms with Gasteiger partial charge in [-0.15, -0.1) is 0 Å². The number of rotatable bonds is 6. The van der Waals surface area contributed by atoms with Gasteiger partial charge in [0.2, 0.25) is 0 Å². The molecule has 2 N–H and O–H groups in total. The van der Waals surface area contributed by atoms with Gasteiger partial charge in [-0.2, -0.15) is 5.10 Å². The Kier molecular flexibility index (Phi) is 4.56. The maximum Gasteiger partial charge on any atom is 0.272 e. The molecule has 1 fully saturated rings. The number of carbonyl (C=O) groups excluding carboxylic acids is 1. The van der Waals surface area contributed by atoms with Crippen LogP contribution in [0.15, 0.2) is 36.4 Å². The zero-order valence-electron chi connectivity index (χ0n) is 16.0. The Morgan fingerprint density at radius 1 is 1.19 bits per heavy atom. The van der Waals surface area contributed by atoms with Crippen LogP contribution in [0.1, 0.15) is 42.7 Å². The van der Waals surface area contributed by atoms with Gasteiger partial charge >= 0.3 is 0 Å². The van der Waals surface area contributed by atoms with E-state index in [4.69, 9.17) is 4.98 Å². The molecule has 1 aliphatic carbocycles. The fraction of sp³-hybridized carbons (Fsp3) is 0.381. The normalized spacial score (nSPS) is 13.9. The van der Waals surface area contributed by atoms with E-state index in [9.17, 15) is 4.79 Å². The Hall–Kier alpha value is -2.89. The SMILES string of the molecule is Cc1ccc(Nc2ccc3c(C(=O)NC4CC4)nn(CC(C)C)c3n2)cc1. The molecule has 1 amide bonds. The molecule has 1 saturated carbocycles. The van der Waals surface area contributed by atoms with Gasteiger partial charge in [-0.25, -0.2) is 9.67 Å². The molecule has 1 aliphatic rings. The molecular weight excluding hydrogens is 338 g/mol. The second-order valence-corrected chi connectivity index (χ2v) is 7.73. The Balaban J connectivity index is 1.69. The minimum Gasteiger partial charge on any atom is -0.348 e. The predicted molar refractivity (Wildman–Crippen MR) is 107 cm³/mol. The molecular formula is C21H25N5O. The van der Waals surface area contributed by atoms with Crippen LogP contribution in [0.25, 0.3) is 11.0 Å². The van der Waals surface area contributed by atoms with Gasteiger partial charge in [0.15, 0.2) is 11.3 Å². The molecule has 2 heterocycles. The van der Waals surface area contributed by atoms with Gasteiger partial charge < -0.3 is 10.6 Å². The van der Waals surface area contributed by atoms with Crippen LogP contribution < -0.4 is 10.6 Å². The first-order valence-corrected chi connectivity index (χ1v) is 9.51. The van der Waals surface area contributed by atoms with Gasteiger partial charge in [0.25, 0.3) is 5.91 Å². The average molecular weight is 363 g/mol. The lowest BCUT2D eigenvalue weighted by Crippen LogP contribution is -2.26. The van der Waals surface area contributed by atoms with Gasteiger partial charge in [-0.05, 0) is 49.9 Å². The van der Waals surface area contributed by atoms with Crippen LogP contribution in [-0.2, 0) is 6.54 Å². The van der Waals surface area contributed by atoms with Crippen molar-refractivity contribution >= 4 is 28.4 Å². The van der Waals surface area contributed by atoms with E-state index < -0.39 is 0 Å². The summed E-state index contributed by atoms with van der Waals surface area (Å²) in [6.07, 6.45) is 2.11. The van der Waals surface area contributed by atoms with Gasteiger partial charge in [0.05, 0.1) is 5.39 Å². The van der Waals surface area contributed by atoms with Crippen molar-refractivity contribution in [3.05, 3.63) is 47.7 Å². The lowest BCUT2D eigenvalue weighted by molar-refractivity contribution is 0.0946. The number of nitrogens with zero attached hydrogens (tertiary/aromatic N) is 3. The number of aromatic nitrogens is 3. The molecule has 6 nitrogen and oxygen atoms in total. The van der Waals surface area contributed by atoms with Gasteiger partial charge in [-0.1, -0.05) is 31.5 Å². The minimum absolute atomic E-state index is 0.106. The molecule has 4 rings (SSSR count). The number of hydrogen-bond acceptors (Lipinski definition) is 4. The number of fused-ring (bicyclic) bond motifs is 1. The fourth-order valence-corrected chi connectivity index (χ4v) is 3.03. The van der Waals surface area contributed by atoms with E-state index in [-0.39, 0.29) is 5.91 Å². The first kappa shape index (κ1) is 17.5. The quantitative estimate of drug-likeness (QED) is 0.693. The third-order valence-electron chi connectivity index (χ3n) is 4.59. The topological polar surface area (TPSA) is 71.8 Å². The summed E-state index contributed by atoms with van der Waals surface area (Å²) in [7, 11) is 0. The molecule has 0 saturated heterocycles. The highest BCUT2D eigenvalue weighted by Crippen LogP contribution is 2.24. The average Bonchev–Trinajstić information content (AvgIpc) is 3.37. The van der Waals surface area contributed by atoms with Crippen LogP contribution in [-0.4, -0.2) is 26.7 Å². The van der Waals surface area contributed by atoms with E-state index in [0.29, 0.717) is 24.2 Å². The van der Waals surface area contributed by atoms with Crippen LogP contribution in [0.2, 0.25) is 0 Å². The Bertz CT molecular complexity index is 970. The van der Waals surface area contributed by atoms with Crippen molar-refractivity contribution < 1.29 is 4.79 Å². The summed E-state index contributed by atoms with van der Waals surface area (Å²) in [5.41, 5.74) is 3.40. The number of pyridine rings is 1. The highest BCUT2D eigenvalue weighted by atomic mass is 16.2. The third kappa shape index (κ3) is 3.94. The monoisotopic (exact) mass is 363 g/mol. The highest BCUT2D eigenvalue weighted by Gasteiger charge is 2.27. The van der Waals surface area contributed by atoms with Gasteiger partial charge in [-0.3, -0.25) is 4.79 Å². The lowest BCUT2D eigenvalue weighted by atomic mass is 10.2. The Morgan fingerprint density at radius 2 is 1.93 bits per heavy atom. The molecule has 0 radical (unpaired) electrons.